The van der Waals surface area contributed by atoms with E-state index < -0.39 is 5.82 Å². The van der Waals surface area contributed by atoms with Gasteiger partial charge in [0.05, 0.1) is 23.5 Å². The molecule has 2 saturated heterocycles. The second kappa shape index (κ2) is 4.24. The van der Waals surface area contributed by atoms with Gasteiger partial charge in [0.1, 0.15) is 11.7 Å². The first kappa shape index (κ1) is 11.5. The third kappa shape index (κ3) is 1.84. The monoisotopic (exact) mass is 249 g/mol. The van der Waals surface area contributed by atoms with Gasteiger partial charge < -0.3 is 15.4 Å². The number of benzene rings is 1. The Morgan fingerprint density at radius 3 is 2.61 bits per heavy atom. The van der Waals surface area contributed by atoms with Crippen molar-refractivity contribution in [3.8, 4) is 0 Å². The highest BCUT2D eigenvalue weighted by Crippen LogP contribution is 2.31. The van der Waals surface area contributed by atoms with Crippen LogP contribution in [0, 0.1) is 11.2 Å². The number of fused-ring (bicyclic) bond motifs is 2. The molecule has 2 aliphatic heterocycles. The highest BCUT2D eigenvalue weighted by molar-refractivity contribution is 6.00. The van der Waals surface area contributed by atoms with Gasteiger partial charge in [-0.25, -0.2) is 4.39 Å². The molecule has 1 aromatic rings. The lowest BCUT2D eigenvalue weighted by molar-refractivity contribution is 0.0304. The molecular weight excluding hydrogens is 233 g/mol. The molecular formula is C13H16FN3O. The fraction of sp³-hybridized carbons (Fsp3) is 0.462. The van der Waals surface area contributed by atoms with Crippen LogP contribution in [0.3, 0.4) is 0 Å². The predicted molar refractivity (Wildman–Crippen MR) is 67.5 cm³/mol. The molecule has 18 heavy (non-hydrogen) atoms. The molecule has 2 heterocycles. The van der Waals surface area contributed by atoms with Crippen LogP contribution in [0.2, 0.25) is 0 Å². The van der Waals surface area contributed by atoms with Crippen LogP contribution in [0.15, 0.2) is 18.2 Å². The van der Waals surface area contributed by atoms with E-state index in [1.165, 1.54) is 6.07 Å². The summed E-state index contributed by atoms with van der Waals surface area (Å²) in [6.07, 6.45) is 2.58. The van der Waals surface area contributed by atoms with E-state index in [2.05, 4.69) is 4.90 Å². The summed E-state index contributed by atoms with van der Waals surface area (Å²) in [4.78, 5) is 2.09. The summed E-state index contributed by atoms with van der Waals surface area (Å²) in [5.41, 5.74) is 6.41. The van der Waals surface area contributed by atoms with Crippen molar-refractivity contribution in [2.24, 2.45) is 5.73 Å². The normalized spacial score (nSPS) is 26.4. The van der Waals surface area contributed by atoms with Crippen LogP contribution in [-0.4, -0.2) is 31.1 Å². The fourth-order valence-electron chi connectivity index (χ4n) is 2.85. The number of nitrogens with one attached hydrogen (secondary N) is 1. The number of amidine groups is 1. The Hall–Kier alpha value is -1.62. The number of rotatable bonds is 2. The van der Waals surface area contributed by atoms with Crippen molar-refractivity contribution >= 4 is 11.5 Å². The molecule has 2 aliphatic rings. The van der Waals surface area contributed by atoms with Crippen molar-refractivity contribution in [1.29, 1.82) is 5.41 Å². The highest BCUT2D eigenvalue weighted by Gasteiger charge is 2.34. The molecule has 0 radical (unpaired) electrons. The van der Waals surface area contributed by atoms with Crippen molar-refractivity contribution in [2.75, 3.05) is 18.0 Å². The Morgan fingerprint density at radius 2 is 2.00 bits per heavy atom. The molecule has 2 bridgehead atoms. The Kier molecular flexibility index (Phi) is 2.70. The average Bonchev–Trinajstić information content (AvgIpc) is 2.67. The molecule has 0 saturated carbocycles. The number of hydrogen-bond donors (Lipinski definition) is 2. The van der Waals surface area contributed by atoms with Gasteiger partial charge in [-0.15, -0.1) is 0 Å². The van der Waals surface area contributed by atoms with Crippen molar-refractivity contribution < 1.29 is 9.13 Å². The number of halogens is 1. The van der Waals surface area contributed by atoms with Crippen molar-refractivity contribution in [2.45, 2.75) is 25.0 Å². The highest BCUT2D eigenvalue weighted by atomic mass is 19.1. The van der Waals surface area contributed by atoms with Gasteiger partial charge >= 0.3 is 0 Å². The smallest absolute Gasteiger partial charge is 0.136 e. The van der Waals surface area contributed by atoms with E-state index in [0.29, 0.717) is 5.69 Å². The zero-order valence-corrected chi connectivity index (χ0v) is 10.0. The summed E-state index contributed by atoms with van der Waals surface area (Å²) in [5, 5.41) is 7.53. The van der Waals surface area contributed by atoms with Gasteiger partial charge in [0.25, 0.3) is 0 Å². The molecule has 0 amide bonds. The molecule has 2 fully saturated rings. The van der Waals surface area contributed by atoms with Crippen LogP contribution in [0.4, 0.5) is 10.1 Å². The van der Waals surface area contributed by atoms with Crippen molar-refractivity contribution in [3.05, 3.63) is 29.6 Å². The van der Waals surface area contributed by atoms with Gasteiger partial charge in [0.2, 0.25) is 0 Å². The number of nitrogens with zero attached hydrogens (tertiary/aromatic N) is 1. The maximum absolute atomic E-state index is 13.8. The fourth-order valence-corrected chi connectivity index (χ4v) is 2.85. The van der Waals surface area contributed by atoms with E-state index in [-0.39, 0.29) is 23.6 Å². The number of nitrogen functional groups attached to an aromatic ring is 1. The molecule has 1 aromatic carbocycles. The standard InChI is InChI=1S/C13H16FN3O/c14-10-2-1-3-11(12(10)13(15)16)17-6-8-4-5-9(7-17)18-8/h1-3,8-9H,4-7H2,(H3,15,16). The van der Waals surface area contributed by atoms with Gasteiger partial charge in [-0.2, -0.15) is 0 Å². The van der Waals surface area contributed by atoms with Crippen LogP contribution < -0.4 is 10.6 Å². The van der Waals surface area contributed by atoms with Crippen LogP contribution in [0.25, 0.3) is 0 Å². The van der Waals surface area contributed by atoms with E-state index in [9.17, 15) is 4.39 Å². The van der Waals surface area contributed by atoms with Crippen LogP contribution in [0.1, 0.15) is 18.4 Å². The first-order valence-corrected chi connectivity index (χ1v) is 6.18. The summed E-state index contributed by atoms with van der Waals surface area (Å²) in [6, 6.07) is 4.83. The van der Waals surface area contributed by atoms with Gasteiger partial charge in [-0.05, 0) is 25.0 Å². The molecule has 3 rings (SSSR count). The lowest BCUT2D eigenvalue weighted by Gasteiger charge is -2.35. The van der Waals surface area contributed by atoms with E-state index in [4.69, 9.17) is 15.9 Å². The van der Waals surface area contributed by atoms with Crippen LogP contribution in [-0.2, 0) is 4.74 Å². The zero-order chi connectivity index (χ0) is 12.7. The second-order valence-corrected chi connectivity index (χ2v) is 4.91. The summed E-state index contributed by atoms with van der Waals surface area (Å²) >= 11 is 0. The third-order valence-electron chi connectivity index (χ3n) is 3.65. The second-order valence-electron chi connectivity index (χ2n) is 4.91. The number of ether oxygens (including phenoxy) is 1. The Labute approximate surface area is 105 Å². The quantitative estimate of drug-likeness (QED) is 0.616. The number of morpholine rings is 1. The van der Waals surface area contributed by atoms with E-state index in [0.717, 1.165) is 25.9 Å². The van der Waals surface area contributed by atoms with E-state index in [1.54, 1.807) is 6.07 Å². The molecule has 0 spiro atoms. The van der Waals surface area contributed by atoms with Crippen molar-refractivity contribution in [3.63, 3.8) is 0 Å². The van der Waals surface area contributed by atoms with Gasteiger partial charge in [-0.1, -0.05) is 6.07 Å². The SMILES string of the molecule is N=C(N)c1c(F)cccc1N1CC2CCC(C1)O2. The molecule has 0 aliphatic carbocycles. The molecule has 3 N–H and O–H groups in total. The first-order chi connectivity index (χ1) is 8.65. The third-order valence-corrected chi connectivity index (χ3v) is 3.65. The maximum atomic E-state index is 13.8. The van der Waals surface area contributed by atoms with Gasteiger partial charge in [-0.3, -0.25) is 5.41 Å². The maximum Gasteiger partial charge on any atom is 0.136 e. The molecule has 5 heteroatoms. The first-order valence-electron chi connectivity index (χ1n) is 6.18. The average molecular weight is 249 g/mol. The van der Waals surface area contributed by atoms with Crippen LogP contribution >= 0.6 is 0 Å². The Balaban J connectivity index is 1.97. The van der Waals surface area contributed by atoms with Gasteiger partial charge in [0.15, 0.2) is 0 Å². The topological polar surface area (TPSA) is 62.3 Å². The molecule has 96 valence electrons. The largest absolute Gasteiger partial charge is 0.384 e. The minimum atomic E-state index is -0.432. The predicted octanol–water partition coefficient (Wildman–Crippen LogP) is 1.48. The number of anilines is 1. The summed E-state index contributed by atoms with van der Waals surface area (Å²) in [5.74, 6) is -0.652. The summed E-state index contributed by atoms with van der Waals surface area (Å²) in [6.45, 7) is 1.50. The molecule has 2 unspecified atom stereocenters. The minimum Gasteiger partial charge on any atom is -0.384 e. The van der Waals surface area contributed by atoms with Crippen molar-refractivity contribution in [1.82, 2.24) is 0 Å². The molecule has 4 nitrogen and oxygen atoms in total. The van der Waals surface area contributed by atoms with Gasteiger partial charge in [0, 0.05) is 13.1 Å². The Bertz CT molecular complexity index is 479. The minimum absolute atomic E-state index is 0.207. The lowest BCUT2D eigenvalue weighted by Crippen LogP contribution is -2.43. The number of nitrogens with two attached hydrogens (primary N) is 1. The Morgan fingerprint density at radius 1 is 1.33 bits per heavy atom. The number of hydrogen-bond acceptors (Lipinski definition) is 3. The summed E-state index contributed by atoms with van der Waals surface area (Å²) < 4.78 is 19.5. The zero-order valence-electron chi connectivity index (χ0n) is 10.0. The summed E-state index contributed by atoms with van der Waals surface area (Å²) in [7, 11) is 0. The molecule has 0 aromatic heterocycles. The molecule has 2 atom stereocenters. The van der Waals surface area contributed by atoms with Crippen LogP contribution in [0.5, 0.6) is 0 Å². The van der Waals surface area contributed by atoms with E-state index >= 15 is 0 Å². The lowest BCUT2D eigenvalue weighted by atomic mass is 10.1. The van der Waals surface area contributed by atoms with E-state index in [1.807, 2.05) is 6.07 Å².